The van der Waals surface area contributed by atoms with Crippen LogP contribution in [-0.4, -0.2) is 128 Å². The van der Waals surface area contributed by atoms with Gasteiger partial charge in [0.1, 0.15) is 17.1 Å². The first kappa shape index (κ1) is 44.0. The van der Waals surface area contributed by atoms with Gasteiger partial charge in [-0.2, -0.15) is 10.2 Å². The summed E-state index contributed by atoms with van der Waals surface area (Å²) in [5.74, 6) is 9.69. The van der Waals surface area contributed by atoms with Crippen LogP contribution in [0.2, 0.25) is 0 Å². The molecular formula is C46H43N11O7. The number of amides is 3. The molecule has 2 saturated heterocycles. The fraction of sp³-hybridized carbons (Fsp3) is 0.261. The van der Waals surface area contributed by atoms with Gasteiger partial charge in [0.25, 0.3) is 17.7 Å². The first-order chi connectivity index (χ1) is 30.5. The number of hydrogen-bond acceptors (Lipinski definition) is 13. The van der Waals surface area contributed by atoms with Gasteiger partial charge in [-0.25, -0.2) is 24.7 Å². The zero-order valence-electron chi connectivity index (χ0n) is 35.6. The average molecular weight is 862 g/mol. The van der Waals surface area contributed by atoms with Gasteiger partial charge in [0.05, 0.1) is 18.0 Å². The minimum Gasteiger partial charge on any atom is -0.461 e. The number of aryl methyl sites for hydroxylation is 2. The van der Waals surface area contributed by atoms with Crippen LogP contribution in [0.1, 0.15) is 51.9 Å². The van der Waals surface area contributed by atoms with Crippen LogP contribution in [0.25, 0.3) is 45.6 Å². The van der Waals surface area contributed by atoms with Crippen LogP contribution in [-0.2, 0) is 28.4 Å². The van der Waals surface area contributed by atoms with Crippen molar-refractivity contribution >= 4 is 23.7 Å². The molecule has 2 fully saturated rings. The monoisotopic (exact) mass is 861 g/mol. The van der Waals surface area contributed by atoms with Crippen LogP contribution in [0.4, 0.5) is 0 Å². The number of likely N-dealkylation sites (tertiary alicyclic amines) is 2. The Bertz CT molecular complexity index is 2940. The smallest absolute Gasteiger partial charge is 0.357 e. The Hall–Kier alpha value is -8.06. The lowest BCUT2D eigenvalue weighted by Gasteiger charge is -2.13. The number of carbonyl (C=O) groups excluding carboxylic acids is 4. The molecule has 0 bridgehead atoms. The van der Waals surface area contributed by atoms with Gasteiger partial charge < -0.3 is 30.5 Å². The summed E-state index contributed by atoms with van der Waals surface area (Å²) >= 11 is 0. The van der Waals surface area contributed by atoms with Gasteiger partial charge in [-0.05, 0) is 55.5 Å². The van der Waals surface area contributed by atoms with Crippen molar-refractivity contribution < 1.29 is 34.1 Å². The van der Waals surface area contributed by atoms with Crippen LogP contribution < -0.4 is 5.73 Å². The first-order valence-electron chi connectivity index (χ1n) is 20.0. The summed E-state index contributed by atoms with van der Waals surface area (Å²) in [7, 11) is 6.84. The van der Waals surface area contributed by atoms with Gasteiger partial charge >= 0.3 is 5.97 Å². The Morgan fingerprint density at radius 3 is 1.52 bits per heavy atom. The Morgan fingerprint density at radius 2 is 1.12 bits per heavy atom. The molecule has 6 aromatic rings. The number of hydrogen-bond donors (Lipinski definition) is 3. The van der Waals surface area contributed by atoms with E-state index in [1.165, 1.54) is 15.9 Å². The number of nitrogens with zero attached hydrogens (tertiary/aromatic N) is 10. The second-order valence-corrected chi connectivity index (χ2v) is 15.1. The molecule has 2 aromatic carbocycles. The molecule has 324 valence electrons. The molecule has 4 N–H and O–H groups in total. The summed E-state index contributed by atoms with van der Waals surface area (Å²) in [6.07, 6.45) is 4.06. The lowest BCUT2D eigenvalue weighted by Crippen LogP contribution is -2.37. The number of likely N-dealkylation sites (N-methyl/N-ethyl adjacent to an activating group) is 2. The predicted octanol–water partition coefficient (Wildman–Crippen LogP) is 2.25. The summed E-state index contributed by atoms with van der Waals surface area (Å²) in [5, 5.41) is 29.7. The van der Waals surface area contributed by atoms with Crippen molar-refractivity contribution in [2.75, 3.05) is 33.8 Å². The molecule has 8 rings (SSSR count). The summed E-state index contributed by atoms with van der Waals surface area (Å²) in [4.78, 5) is 69.2. The number of rotatable bonds is 7. The Labute approximate surface area is 367 Å². The van der Waals surface area contributed by atoms with Gasteiger partial charge in [-0.1, -0.05) is 47.9 Å². The van der Waals surface area contributed by atoms with E-state index in [4.69, 9.17) is 10.5 Å². The summed E-state index contributed by atoms with van der Waals surface area (Å²) < 4.78 is 8.39. The molecule has 2 aliphatic heterocycles. The molecule has 64 heavy (non-hydrogen) atoms. The van der Waals surface area contributed by atoms with Gasteiger partial charge in [-0.3, -0.25) is 23.7 Å². The number of aliphatic hydroxyl groups is 2. The van der Waals surface area contributed by atoms with Gasteiger partial charge in [0.2, 0.25) is 11.2 Å². The highest BCUT2D eigenvalue weighted by molar-refractivity contribution is 5.93. The molecule has 18 nitrogen and oxygen atoms in total. The lowest BCUT2D eigenvalue weighted by atomic mass is 10.0. The molecule has 0 spiro atoms. The zero-order valence-corrected chi connectivity index (χ0v) is 35.6. The maximum atomic E-state index is 12.4. The molecule has 0 radical (unpaired) electrons. The fourth-order valence-electron chi connectivity index (χ4n) is 6.72. The molecule has 0 saturated carbocycles. The third-order valence-electron chi connectivity index (χ3n) is 10.2. The van der Waals surface area contributed by atoms with E-state index in [0.717, 1.165) is 0 Å². The largest absolute Gasteiger partial charge is 0.461 e. The van der Waals surface area contributed by atoms with E-state index in [2.05, 4.69) is 53.8 Å². The standard InChI is InChI=1S/C24H23N5O4.C22H20N6O3/c1-4-33-22(30)20-15-19(18-9-12-29(3)27-18)25-21(26-20)17-7-5-6-16(14-17)8-10-24(32)11-13-28(2)23(24)31;1-27-11-9-22(31,21(27)30)8-6-14-4-3-5-15(12-14)20-24-17(13-18(25-20)19(23)29)16-7-10-28(2)26-16/h5-7,9,12,14-15,32H,4,11,13H2,1-3H3;3-5,7,10,12-13,31H,9,11H2,1-2H3,(H2,23,29)/t24-;22-/m00/s1. The second-order valence-electron chi connectivity index (χ2n) is 15.1. The maximum absolute atomic E-state index is 12.4. The molecule has 0 aliphatic carbocycles. The van der Waals surface area contributed by atoms with Crippen molar-refractivity contribution in [1.82, 2.24) is 49.3 Å². The van der Waals surface area contributed by atoms with Crippen molar-refractivity contribution in [3.8, 4) is 69.2 Å². The molecule has 3 amide bonds. The van der Waals surface area contributed by atoms with Gasteiger partial charge in [0.15, 0.2) is 17.3 Å². The molecule has 18 heteroatoms. The molecule has 2 aliphatic rings. The van der Waals surface area contributed by atoms with E-state index in [1.54, 1.807) is 124 Å². The van der Waals surface area contributed by atoms with Crippen molar-refractivity contribution in [3.63, 3.8) is 0 Å². The molecular weight excluding hydrogens is 819 g/mol. The Balaban J connectivity index is 0.000000192. The summed E-state index contributed by atoms with van der Waals surface area (Å²) in [6, 6.07) is 20.7. The number of nitrogens with two attached hydrogens (primary N) is 1. The summed E-state index contributed by atoms with van der Waals surface area (Å²) in [6.45, 7) is 2.85. The predicted molar refractivity (Wildman–Crippen MR) is 232 cm³/mol. The first-order valence-corrected chi connectivity index (χ1v) is 20.0. The van der Waals surface area contributed by atoms with Gasteiger partial charge in [0, 0.05) is 88.8 Å². The lowest BCUT2D eigenvalue weighted by molar-refractivity contribution is -0.138. The number of ether oxygens (including phenoxy) is 1. The van der Waals surface area contributed by atoms with Crippen molar-refractivity contribution in [3.05, 3.63) is 108 Å². The van der Waals surface area contributed by atoms with E-state index in [-0.39, 0.29) is 36.7 Å². The maximum Gasteiger partial charge on any atom is 0.357 e. The molecule has 6 heterocycles. The van der Waals surface area contributed by atoms with E-state index < -0.39 is 34.9 Å². The van der Waals surface area contributed by atoms with Crippen LogP contribution >= 0.6 is 0 Å². The number of primary amides is 1. The van der Waals surface area contributed by atoms with E-state index in [9.17, 15) is 29.4 Å². The topological polar surface area (TPSA) is 238 Å². The minimum absolute atomic E-state index is 0.0658. The van der Waals surface area contributed by atoms with Gasteiger partial charge in [-0.15, -0.1) is 0 Å². The normalized spacial score (nSPS) is 17.8. The average Bonchev–Trinajstić information content (AvgIpc) is 4.07. The van der Waals surface area contributed by atoms with Crippen LogP contribution in [0.15, 0.2) is 85.2 Å². The number of esters is 1. The highest BCUT2D eigenvalue weighted by Crippen LogP contribution is 2.26. The van der Waals surface area contributed by atoms with Crippen LogP contribution in [0, 0.1) is 23.7 Å². The van der Waals surface area contributed by atoms with E-state index in [0.29, 0.717) is 63.9 Å². The van der Waals surface area contributed by atoms with Crippen LogP contribution in [0.5, 0.6) is 0 Å². The van der Waals surface area contributed by atoms with E-state index >= 15 is 0 Å². The minimum atomic E-state index is -1.68. The fourth-order valence-corrected chi connectivity index (χ4v) is 6.72. The molecule has 2 atom stereocenters. The Morgan fingerprint density at radius 1 is 0.672 bits per heavy atom. The van der Waals surface area contributed by atoms with Crippen LogP contribution in [0.3, 0.4) is 0 Å². The number of aromatic nitrogens is 8. The highest BCUT2D eigenvalue weighted by atomic mass is 16.5. The zero-order chi connectivity index (χ0) is 45.8. The molecule has 0 unspecified atom stereocenters. The Kier molecular flexibility index (Phi) is 12.5. The molecule has 4 aromatic heterocycles. The SMILES string of the molecule is CCOC(=O)c1cc(-c2ccn(C)n2)nc(-c2cccc(C#C[C@]3(O)CCN(C)C3=O)c2)n1.CN1CC[C@@](O)(C#Cc2cccc(-c3nc(C(N)=O)cc(-c4ccn(C)n4)n3)c2)C1=O. The van der Waals surface area contributed by atoms with Crippen molar-refractivity contribution in [2.45, 2.75) is 31.0 Å². The van der Waals surface area contributed by atoms with Crippen molar-refractivity contribution in [1.29, 1.82) is 0 Å². The van der Waals surface area contributed by atoms with E-state index in [1.807, 2.05) is 0 Å². The third kappa shape index (κ3) is 9.68. The summed E-state index contributed by atoms with van der Waals surface area (Å²) in [5.41, 5.74) is 6.76. The third-order valence-corrected chi connectivity index (χ3v) is 10.2. The quantitative estimate of drug-likeness (QED) is 0.155. The number of carbonyl (C=O) groups is 4. The highest BCUT2D eigenvalue weighted by Gasteiger charge is 2.43. The number of benzene rings is 2. The second kappa shape index (κ2) is 18.1. The van der Waals surface area contributed by atoms with Crippen molar-refractivity contribution in [2.24, 2.45) is 19.8 Å².